The van der Waals surface area contributed by atoms with Crippen LogP contribution in [0.2, 0.25) is 0 Å². The topological polar surface area (TPSA) is 70.7 Å². The van der Waals surface area contributed by atoms with E-state index < -0.39 is 5.54 Å². The summed E-state index contributed by atoms with van der Waals surface area (Å²) in [7, 11) is 0. The number of anilines is 2. The summed E-state index contributed by atoms with van der Waals surface area (Å²) < 4.78 is 0. The number of nitrogens with zero attached hydrogens (tertiary/aromatic N) is 2. The van der Waals surface area contributed by atoms with Gasteiger partial charge >= 0.3 is 0 Å². The second kappa shape index (κ2) is 4.26. The molecule has 0 saturated carbocycles. The molecule has 0 aromatic heterocycles. The lowest BCUT2D eigenvalue weighted by Crippen LogP contribution is -2.52. The molecule has 2 heterocycles. The van der Waals surface area contributed by atoms with Gasteiger partial charge in [0.2, 0.25) is 0 Å². The highest BCUT2D eigenvalue weighted by atomic mass is 16.2. The summed E-state index contributed by atoms with van der Waals surface area (Å²) in [5.74, 6) is 0.759. The van der Waals surface area contributed by atoms with Gasteiger partial charge < -0.3 is 16.0 Å². The van der Waals surface area contributed by atoms with E-state index in [1.54, 1.807) is 0 Å². The minimum absolute atomic E-state index is 0.0325. The Morgan fingerprint density at radius 2 is 2.11 bits per heavy atom. The molecule has 3 rings (SSSR count). The van der Waals surface area contributed by atoms with Gasteiger partial charge in [-0.2, -0.15) is 0 Å². The minimum atomic E-state index is -0.594. The Hall–Kier alpha value is -2.04. The molecule has 0 unspecified atom stereocenters. The van der Waals surface area contributed by atoms with E-state index in [2.05, 4.69) is 15.2 Å². The number of nitrogen functional groups attached to an aromatic ring is 1. The van der Waals surface area contributed by atoms with E-state index in [1.807, 2.05) is 31.2 Å². The maximum Gasteiger partial charge on any atom is 0.255 e. The maximum atomic E-state index is 12.1. The number of piperidine rings is 1. The number of nitrogens with one attached hydrogen (secondary N) is 1. The average molecular weight is 258 g/mol. The SMILES string of the molecule is CC1=N[C@]2(CCCN(c3ccc(N)cc3)C2)C(=O)N1. The lowest BCUT2D eigenvalue weighted by Gasteiger charge is -2.38. The third-order valence-corrected chi connectivity index (χ3v) is 3.83. The summed E-state index contributed by atoms with van der Waals surface area (Å²) in [6.07, 6.45) is 1.79. The highest BCUT2D eigenvalue weighted by molar-refractivity contribution is 6.07. The van der Waals surface area contributed by atoms with E-state index in [-0.39, 0.29) is 5.91 Å². The monoisotopic (exact) mass is 258 g/mol. The Kier molecular flexibility index (Phi) is 2.69. The van der Waals surface area contributed by atoms with Gasteiger partial charge in [-0.1, -0.05) is 0 Å². The van der Waals surface area contributed by atoms with Crippen LogP contribution in [0.1, 0.15) is 19.8 Å². The number of nitrogens with two attached hydrogens (primary N) is 1. The molecule has 100 valence electrons. The molecule has 1 saturated heterocycles. The number of carbonyl (C=O) groups is 1. The summed E-state index contributed by atoms with van der Waals surface area (Å²) in [5.41, 5.74) is 6.96. The molecule has 2 aliphatic rings. The second-order valence-corrected chi connectivity index (χ2v) is 5.30. The van der Waals surface area contributed by atoms with Gasteiger partial charge in [0, 0.05) is 17.9 Å². The van der Waals surface area contributed by atoms with E-state index in [0.29, 0.717) is 6.54 Å². The number of hydrogen-bond donors (Lipinski definition) is 2. The van der Waals surface area contributed by atoms with Crippen LogP contribution in [-0.4, -0.2) is 30.4 Å². The largest absolute Gasteiger partial charge is 0.399 e. The van der Waals surface area contributed by atoms with Gasteiger partial charge in [-0.25, -0.2) is 0 Å². The number of amidine groups is 1. The number of carbonyl (C=O) groups excluding carboxylic acids is 1. The van der Waals surface area contributed by atoms with Gasteiger partial charge in [0.1, 0.15) is 5.84 Å². The quantitative estimate of drug-likeness (QED) is 0.742. The van der Waals surface area contributed by atoms with Gasteiger partial charge in [-0.05, 0) is 44.0 Å². The first-order valence-corrected chi connectivity index (χ1v) is 6.57. The van der Waals surface area contributed by atoms with Crippen molar-refractivity contribution in [1.82, 2.24) is 5.32 Å². The highest BCUT2D eigenvalue weighted by Gasteiger charge is 2.45. The summed E-state index contributed by atoms with van der Waals surface area (Å²) >= 11 is 0. The Bertz CT molecular complexity index is 537. The highest BCUT2D eigenvalue weighted by Crippen LogP contribution is 2.31. The first kappa shape index (κ1) is 12.0. The van der Waals surface area contributed by atoms with Crippen molar-refractivity contribution in [2.45, 2.75) is 25.3 Å². The van der Waals surface area contributed by atoms with Crippen LogP contribution in [0.5, 0.6) is 0 Å². The number of benzene rings is 1. The van der Waals surface area contributed by atoms with E-state index >= 15 is 0 Å². The van der Waals surface area contributed by atoms with Crippen molar-refractivity contribution in [2.75, 3.05) is 23.7 Å². The summed E-state index contributed by atoms with van der Waals surface area (Å²) in [4.78, 5) is 18.9. The van der Waals surface area contributed by atoms with Gasteiger partial charge in [0.15, 0.2) is 5.54 Å². The second-order valence-electron chi connectivity index (χ2n) is 5.30. The average Bonchev–Trinajstić information content (AvgIpc) is 2.64. The summed E-state index contributed by atoms with van der Waals surface area (Å²) in [5, 5.41) is 2.82. The number of aliphatic imine (C=N–C) groups is 1. The Morgan fingerprint density at radius 3 is 2.74 bits per heavy atom. The standard InChI is InChI=1S/C14H18N4O/c1-10-16-13(19)14(17-10)7-2-8-18(9-14)12-5-3-11(15)4-6-12/h3-6H,2,7-9,15H2,1H3,(H,16,17,19)/t14-/m0/s1. The van der Waals surface area contributed by atoms with Crippen LogP contribution in [0, 0.1) is 0 Å². The molecule has 1 aromatic carbocycles. The first-order chi connectivity index (χ1) is 9.09. The van der Waals surface area contributed by atoms with Crippen LogP contribution in [0.4, 0.5) is 11.4 Å². The molecule has 2 aliphatic heterocycles. The zero-order valence-corrected chi connectivity index (χ0v) is 11.0. The number of amides is 1. The van der Waals surface area contributed by atoms with Gasteiger partial charge in [0.05, 0.1) is 6.54 Å². The minimum Gasteiger partial charge on any atom is -0.399 e. The Balaban J connectivity index is 1.86. The Labute approximate surface area is 112 Å². The van der Waals surface area contributed by atoms with Crippen LogP contribution in [0.3, 0.4) is 0 Å². The van der Waals surface area contributed by atoms with E-state index in [0.717, 1.165) is 36.6 Å². The van der Waals surface area contributed by atoms with E-state index in [1.165, 1.54) is 0 Å². The molecule has 5 heteroatoms. The molecule has 1 aromatic rings. The van der Waals surface area contributed by atoms with Crippen molar-refractivity contribution in [1.29, 1.82) is 0 Å². The molecule has 0 aliphatic carbocycles. The zero-order valence-electron chi connectivity index (χ0n) is 11.0. The van der Waals surface area contributed by atoms with Crippen LogP contribution in [-0.2, 0) is 4.79 Å². The summed E-state index contributed by atoms with van der Waals surface area (Å²) in [6.45, 7) is 3.43. The smallest absolute Gasteiger partial charge is 0.255 e. The fourth-order valence-electron chi connectivity index (χ4n) is 2.90. The lowest BCUT2D eigenvalue weighted by atomic mass is 9.89. The number of rotatable bonds is 1. The van der Waals surface area contributed by atoms with Crippen LogP contribution in [0.25, 0.3) is 0 Å². The van der Waals surface area contributed by atoms with Crippen molar-refractivity contribution in [3.8, 4) is 0 Å². The van der Waals surface area contributed by atoms with Crippen molar-refractivity contribution >= 4 is 23.1 Å². The van der Waals surface area contributed by atoms with Gasteiger partial charge in [-0.3, -0.25) is 9.79 Å². The van der Waals surface area contributed by atoms with Gasteiger partial charge in [0.25, 0.3) is 5.91 Å². The van der Waals surface area contributed by atoms with Crippen molar-refractivity contribution in [3.63, 3.8) is 0 Å². The normalized spacial score (nSPS) is 26.5. The molecular weight excluding hydrogens is 240 g/mol. The van der Waals surface area contributed by atoms with E-state index in [9.17, 15) is 4.79 Å². The molecule has 3 N–H and O–H groups in total. The lowest BCUT2D eigenvalue weighted by molar-refractivity contribution is -0.124. The van der Waals surface area contributed by atoms with Crippen molar-refractivity contribution < 1.29 is 4.79 Å². The molecule has 1 atom stereocenters. The molecule has 0 bridgehead atoms. The van der Waals surface area contributed by atoms with Crippen LogP contribution >= 0.6 is 0 Å². The predicted octanol–water partition coefficient (Wildman–Crippen LogP) is 1.16. The maximum absolute atomic E-state index is 12.1. The molecular formula is C14H18N4O. The molecule has 1 spiro atoms. The third-order valence-electron chi connectivity index (χ3n) is 3.83. The fourth-order valence-corrected chi connectivity index (χ4v) is 2.90. The number of hydrogen-bond acceptors (Lipinski definition) is 4. The van der Waals surface area contributed by atoms with Gasteiger partial charge in [-0.15, -0.1) is 0 Å². The van der Waals surface area contributed by atoms with E-state index in [4.69, 9.17) is 5.73 Å². The molecule has 1 amide bonds. The predicted molar refractivity (Wildman–Crippen MR) is 76.3 cm³/mol. The summed E-state index contributed by atoms with van der Waals surface area (Å²) in [6, 6.07) is 7.77. The molecule has 1 fully saturated rings. The molecule has 0 radical (unpaired) electrons. The third kappa shape index (κ3) is 2.05. The molecule has 5 nitrogen and oxygen atoms in total. The van der Waals surface area contributed by atoms with Crippen LogP contribution < -0.4 is 16.0 Å². The molecule has 19 heavy (non-hydrogen) atoms. The fraction of sp³-hybridized carbons (Fsp3) is 0.429. The van der Waals surface area contributed by atoms with Crippen molar-refractivity contribution in [3.05, 3.63) is 24.3 Å². The first-order valence-electron chi connectivity index (χ1n) is 6.57. The van der Waals surface area contributed by atoms with Crippen LogP contribution in [0.15, 0.2) is 29.3 Å². The Morgan fingerprint density at radius 1 is 1.37 bits per heavy atom. The zero-order chi connectivity index (χ0) is 13.5. The van der Waals surface area contributed by atoms with Crippen molar-refractivity contribution in [2.24, 2.45) is 4.99 Å².